The summed E-state index contributed by atoms with van der Waals surface area (Å²) in [6.07, 6.45) is 3.33. The number of aromatic nitrogens is 3. The first-order valence-corrected chi connectivity index (χ1v) is 9.40. The second kappa shape index (κ2) is 7.92. The van der Waals surface area contributed by atoms with E-state index in [0.29, 0.717) is 46.3 Å². The fourth-order valence-corrected chi connectivity index (χ4v) is 3.34. The smallest absolute Gasteiger partial charge is 0.264 e. The summed E-state index contributed by atoms with van der Waals surface area (Å²) in [5, 5.41) is 3.44. The van der Waals surface area contributed by atoms with Crippen LogP contribution in [-0.4, -0.2) is 33.7 Å². The van der Waals surface area contributed by atoms with Crippen molar-refractivity contribution in [1.82, 2.24) is 14.1 Å². The van der Waals surface area contributed by atoms with E-state index in [2.05, 4.69) is 10.3 Å². The van der Waals surface area contributed by atoms with Crippen LogP contribution in [0.3, 0.4) is 0 Å². The monoisotopic (exact) mass is 404 g/mol. The van der Waals surface area contributed by atoms with Crippen molar-refractivity contribution in [3.05, 3.63) is 75.6 Å². The number of amides is 1. The Morgan fingerprint density at radius 2 is 1.67 bits per heavy atom. The van der Waals surface area contributed by atoms with Crippen molar-refractivity contribution in [2.24, 2.45) is 0 Å². The van der Waals surface area contributed by atoms with Crippen LogP contribution in [0.15, 0.2) is 64.4 Å². The van der Waals surface area contributed by atoms with Crippen molar-refractivity contribution in [3.8, 4) is 5.69 Å². The van der Waals surface area contributed by atoms with E-state index in [1.54, 1.807) is 66.5 Å². The standard InChI is InChI=1S/C22H20N4O4/c1-14(27)23-15-3-5-16(6-4-15)26-10-8-20-18(22(26)29)13-17-19(24-20)7-9-25(21(17)28)11-12-30-2/h3-10,13H,11-12H2,1-2H3,(H,23,27). The topological polar surface area (TPSA) is 95.2 Å². The van der Waals surface area contributed by atoms with Gasteiger partial charge in [-0.15, -0.1) is 0 Å². The molecule has 8 heteroatoms. The Bertz CT molecular complexity index is 1370. The van der Waals surface area contributed by atoms with E-state index in [-0.39, 0.29) is 17.0 Å². The number of hydrogen-bond acceptors (Lipinski definition) is 5. The third-order valence-electron chi connectivity index (χ3n) is 4.82. The molecule has 1 aromatic carbocycles. The average molecular weight is 404 g/mol. The van der Waals surface area contributed by atoms with Gasteiger partial charge in [-0.05, 0) is 42.5 Å². The van der Waals surface area contributed by atoms with E-state index in [1.165, 1.54) is 11.5 Å². The van der Waals surface area contributed by atoms with Crippen LogP contribution in [0, 0.1) is 0 Å². The number of carbonyl (C=O) groups excluding carboxylic acids is 1. The first-order valence-electron chi connectivity index (χ1n) is 9.40. The molecule has 0 saturated heterocycles. The summed E-state index contributed by atoms with van der Waals surface area (Å²) in [7, 11) is 1.58. The van der Waals surface area contributed by atoms with Crippen LogP contribution in [0.1, 0.15) is 6.92 Å². The summed E-state index contributed by atoms with van der Waals surface area (Å²) in [4.78, 5) is 41.6. The van der Waals surface area contributed by atoms with Crippen LogP contribution in [0.2, 0.25) is 0 Å². The molecule has 0 atom stereocenters. The van der Waals surface area contributed by atoms with Crippen LogP contribution >= 0.6 is 0 Å². The summed E-state index contributed by atoms with van der Waals surface area (Å²) >= 11 is 0. The second-order valence-electron chi connectivity index (χ2n) is 6.88. The highest BCUT2D eigenvalue weighted by Gasteiger charge is 2.11. The fraction of sp³-hybridized carbons (Fsp3) is 0.182. The van der Waals surface area contributed by atoms with Crippen LogP contribution in [0.25, 0.3) is 27.5 Å². The second-order valence-corrected chi connectivity index (χ2v) is 6.88. The number of rotatable bonds is 5. The van der Waals surface area contributed by atoms with Crippen molar-refractivity contribution in [2.75, 3.05) is 19.0 Å². The fourth-order valence-electron chi connectivity index (χ4n) is 3.34. The summed E-state index contributed by atoms with van der Waals surface area (Å²) in [5.74, 6) is -0.167. The van der Waals surface area contributed by atoms with E-state index in [0.717, 1.165) is 0 Å². The number of fused-ring (bicyclic) bond motifs is 2. The van der Waals surface area contributed by atoms with Crippen molar-refractivity contribution >= 4 is 33.4 Å². The molecular weight excluding hydrogens is 384 g/mol. The molecule has 0 unspecified atom stereocenters. The van der Waals surface area contributed by atoms with Gasteiger partial charge >= 0.3 is 0 Å². The predicted molar refractivity (Wildman–Crippen MR) is 115 cm³/mol. The predicted octanol–water partition coefficient (Wildman–Crippen LogP) is 2.31. The Morgan fingerprint density at radius 3 is 2.33 bits per heavy atom. The van der Waals surface area contributed by atoms with Gasteiger partial charge in [0.05, 0.1) is 28.4 Å². The molecule has 4 aromatic rings. The van der Waals surface area contributed by atoms with Gasteiger partial charge in [0, 0.05) is 44.3 Å². The maximum atomic E-state index is 13.1. The quantitative estimate of drug-likeness (QED) is 0.515. The SMILES string of the molecule is COCCn1ccc2nc3ccn(-c4ccc(NC(C)=O)cc4)c(=O)c3cc2c1=O. The number of nitrogens with zero attached hydrogens (tertiary/aromatic N) is 3. The Balaban J connectivity index is 1.83. The van der Waals surface area contributed by atoms with Gasteiger partial charge in [-0.2, -0.15) is 0 Å². The Hall–Kier alpha value is -3.78. The molecule has 0 saturated carbocycles. The number of hydrogen-bond donors (Lipinski definition) is 1. The molecular formula is C22H20N4O4. The van der Waals surface area contributed by atoms with E-state index < -0.39 is 0 Å². The van der Waals surface area contributed by atoms with Gasteiger partial charge < -0.3 is 14.6 Å². The zero-order valence-electron chi connectivity index (χ0n) is 16.6. The third kappa shape index (κ3) is 3.60. The van der Waals surface area contributed by atoms with E-state index >= 15 is 0 Å². The zero-order valence-corrected chi connectivity index (χ0v) is 16.6. The van der Waals surface area contributed by atoms with Gasteiger partial charge in [-0.1, -0.05) is 0 Å². The molecule has 0 aliphatic heterocycles. The van der Waals surface area contributed by atoms with Gasteiger partial charge in [0.25, 0.3) is 11.1 Å². The number of methoxy groups -OCH3 is 1. The molecule has 8 nitrogen and oxygen atoms in total. The Morgan fingerprint density at radius 1 is 1.00 bits per heavy atom. The number of carbonyl (C=O) groups is 1. The van der Waals surface area contributed by atoms with Crippen molar-refractivity contribution < 1.29 is 9.53 Å². The molecule has 0 aliphatic carbocycles. The van der Waals surface area contributed by atoms with Crippen molar-refractivity contribution in [1.29, 1.82) is 0 Å². The van der Waals surface area contributed by atoms with Crippen molar-refractivity contribution in [2.45, 2.75) is 13.5 Å². The minimum atomic E-state index is -0.277. The largest absolute Gasteiger partial charge is 0.383 e. The lowest BCUT2D eigenvalue weighted by atomic mass is 10.2. The lowest BCUT2D eigenvalue weighted by Gasteiger charge is -2.10. The maximum absolute atomic E-state index is 13.1. The highest BCUT2D eigenvalue weighted by atomic mass is 16.5. The normalized spacial score (nSPS) is 11.1. The van der Waals surface area contributed by atoms with Crippen LogP contribution in [0.4, 0.5) is 5.69 Å². The molecule has 3 heterocycles. The maximum Gasteiger partial charge on any atom is 0.264 e. The summed E-state index contributed by atoms with van der Waals surface area (Å²) in [6, 6.07) is 12.0. The number of benzene rings is 1. The molecule has 1 N–H and O–H groups in total. The Labute approximate surface area is 171 Å². The number of anilines is 1. The van der Waals surface area contributed by atoms with Gasteiger partial charge in [-0.3, -0.25) is 19.0 Å². The zero-order chi connectivity index (χ0) is 21.3. The highest BCUT2D eigenvalue weighted by molar-refractivity contribution is 5.92. The molecule has 30 heavy (non-hydrogen) atoms. The molecule has 1 amide bonds. The van der Waals surface area contributed by atoms with E-state index in [9.17, 15) is 14.4 Å². The minimum Gasteiger partial charge on any atom is -0.383 e. The molecule has 0 spiro atoms. The number of ether oxygens (including phenoxy) is 1. The third-order valence-corrected chi connectivity index (χ3v) is 4.82. The minimum absolute atomic E-state index is 0.167. The lowest BCUT2D eigenvalue weighted by molar-refractivity contribution is -0.114. The van der Waals surface area contributed by atoms with E-state index in [1.807, 2.05) is 0 Å². The molecule has 0 bridgehead atoms. The van der Waals surface area contributed by atoms with E-state index in [4.69, 9.17) is 4.74 Å². The average Bonchev–Trinajstić information content (AvgIpc) is 2.73. The highest BCUT2D eigenvalue weighted by Crippen LogP contribution is 2.17. The molecule has 152 valence electrons. The number of nitrogens with one attached hydrogen (secondary N) is 1. The van der Waals surface area contributed by atoms with Crippen LogP contribution < -0.4 is 16.4 Å². The van der Waals surface area contributed by atoms with Gasteiger partial charge in [0.2, 0.25) is 5.91 Å². The summed E-state index contributed by atoms with van der Waals surface area (Å²) in [5.41, 5.74) is 1.85. The number of pyridine rings is 3. The Kier molecular flexibility index (Phi) is 5.16. The molecule has 3 aromatic heterocycles. The molecule has 0 aliphatic rings. The van der Waals surface area contributed by atoms with Crippen LogP contribution in [0.5, 0.6) is 0 Å². The lowest BCUT2D eigenvalue weighted by Crippen LogP contribution is -2.23. The molecule has 0 radical (unpaired) electrons. The first-order chi connectivity index (χ1) is 14.5. The van der Waals surface area contributed by atoms with Gasteiger partial charge in [0.15, 0.2) is 0 Å². The van der Waals surface area contributed by atoms with Gasteiger partial charge in [-0.25, -0.2) is 4.98 Å². The van der Waals surface area contributed by atoms with Crippen molar-refractivity contribution in [3.63, 3.8) is 0 Å². The first kappa shape index (κ1) is 19.5. The molecule has 4 rings (SSSR count). The summed E-state index contributed by atoms with van der Waals surface area (Å²) < 4.78 is 8.07. The molecule has 0 fully saturated rings. The van der Waals surface area contributed by atoms with Crippen LogP contribution in [-0.2, 0) is 16.1 Å². The summed E-state index contributed by atoms with van der Waals surface area (Å²) in [6.45, 7) is 2.26. The van der Waals surface area contributed by atoms with Gasteiger partial charge in [0.1, 0.15) is 0 Å².